The van der Waals surface area contributed by atoms with Gasteiger partial charge in [0.2, 0.25) is 11.8 Å². The van der Waals surface area contributed by atoms with E-state index in [1.807, 2.05) is 61.5 Å². The van der Waals surface area contributed by atoms with Gasteiger partial charge in [0.25, 0.3) is 0 Å². The molecule has 2 heterocycles. The summed E-state index contributed by atoms with van der Waals surface area (Å²) in [5.74, 6) is -2.91. The fourth-order valence-corrected chi connectivity index (χ4v) is 7.55. The Labute approximate surface area is 258 Å². The van der Waals surface area contributed by atoms with Crippen LogP contribution in [-0.2, 0) is 27.4 Å². The predicted octanol–water partition coefficient (Wildman–Crippen LogP) is 6.08. The number of fused-ring (bicyclic) bond motifs is 1. The van der Waals surface area contributed by atoms with E-state index in [2.05, 4.69) is 5.32 Å². The number of carbonyl (C=O) groups excluding carboxylic acids is 2. The molecule has 3 aromatic carbocycles. The van der Waals surface area contributed by atoms with E-state index in [1.54, 1.807) is 25.3 Å². The van der Waals surface area contributed by atoms with Crippen LogP contribution in [-0.4, -0.2) is 35.5 Å². The molecule has 230 valence electrons. The maximum atomic E-state index is 14.4. The topological polar surface area (TPSA) is 105 Å². The number of benzene rings is 3. The molecule has 2 N–H and O–H groups in total. The third kappa shape index (κ3) is 5.25. The minimum Gasteiger partial charge on any atom is -0.493 e. The number of carbonyl (C=O) groups is 3. The second kappa shape index (κ2) is 12.4. The van der Waals surface area contributed by atoms with Crippen molar-refractivity contribution in [3.63, 3.8) is 0 Å². The van der Waals surface area contributed by atoms with Crippen LogP contribution < -0.4 is 19.7 Å². The van der Waals surface area contributed by atoms with Gasteiger partial charge in [-0.05, 0) is 48.1 Å². The number of ether oxygens (including phenoxy) is 2. The van der Waals surface area contributed by atoms with Crippen LogP contribution in [0.15, 0.2) is 72.8 Å². The maximum absolute atomic E-state index is 14.4. The van der Waals surface area contributed by atoms with Crippen LogP contribution in [0.25, 0.3) is 0 Å². The Morgan fingerprint density at radius 2 is 1.66 bits per heavy atom. The lowest BCUT2D eigenvalue weighted by atomic mass is 9.72. The Morgan fingerprint density at radius 3 is 2.32 bits per heavy atom. The number of hydrogen-bond donors (Lipinski definition) is 2. The van der Waals surface area contributed by atoms with Crippen molar-refractivity contribution in [2.75, 3.05) is 12.0 Å². The lowest BCUT2D eigenvalue weighted by Gasteiger charge is -2.35. The summed E-state index contributed by atoms with van der Waals surface area (Å²) in [4.78, 5) is 43.4. The van der Waals surface area contributed by atoms with Gasteiger partial charge in [-0.2, -0.15) is 0 Å². The Hall–Kier alpha value is -4.17. The van der Waals surface area contributed by atoms with Gasteiger partial charge in [-0.15, -0.1) is 0 Å². The molecule has 8 heteroatoms. The van der Waals surface area contributed by atoms with Gasteiger partial charge in [-0.25, -0.2) is 4.90 Å². The summed E-state index contributed by atoms with van der Waals surface area (Å²) in [6, 6.07) is 21.7. The van der Waals surface area contributed by atoms with Crippen LogP contribution in [0.2, 0.25) is 0 Å². The molecule has 2 saturated heterocycles. The molecule has 0 spiro atoms. The van der Waals surface area contributed by atoms with Gasteiger partial charge < -0.3 is 14.6 Å². The third-order valence-corrected chi connectivity index (χ3v) is 9.76. The monoisotopic (exact) mass is 596 g/mol. The molecule has 3 aliphatic rings. The van der Waals surface area contributed by atoms with Gasteiger partial charge in [0.1, 0.15) is 12.1 Å². The number of carboxylic acid groups (broad SMARTS) is 1. The predicted molar refractivity (Wildman–Crippen MR) is 166 cm³/mol. The van der Waals surface area contributed by atoms with Crippen LogP contribution in [0.1, 0.15) is 68.2 Å². The summed E-state index contributed by atoms with van der Waals surface area (Å²) in [5.41, 5.74) is 1.50. The van der Waals surface area contributed by atoms with Crippen molar-refractivity contribution in [2.24, 2.45) is 17.8 Å². The minimum absolute atomic E-state index is 0.145. The van der Waals surface area contributed by atoms with Crippen LogP contribution in [0.4, 0.5) is 5.69 Å². The van der Waals surface area contributed by atoms with E-state index in [1.165, 1.54) is 4.90 Å². The largest absolute Gasteiger partial charge is 0.493 e. The van der Waals surface area contributed by atoms with E-state index in [-0.39, 0.29) is 18.9 Å². The molecule has 4 unspecified atom stereocenters. The summed E-state index contributed by atoms with van der Waals surface area (Å²) in [5, 5.41) is 14.4. The Kier molecular flexibility index (Phi) is 8.45. The molecule has 0 aromatic heterocycles. The molecule has 6 rings (SSSR count). The summed E-state index contributed by atoms with van der Waals surface area (Å²) < 4.78 is 12.1. The van der Waals surface area contributed by atoms with Gasteiger partial charge in [-0.3, -0.25) is 19.7 Å². The highest BCUT2D eigenvalue weighted by atomic mass is 16.5. The summed E-state index contributed by atoms with van der Waals surface area (Å²) in [6.07, 6.45) is 6.13. The number of anilines is 1. The first-order valence-corrected chi connectivity index (χ1v) is 15.7. The number of nitrogens with one attached hydrogen (secondary N) is 1. The fraction of sp³-hybridized carbons (Fsp3) is 0.417. The van der Waals surface area contributed by atoms with Crippen LogP contribution in [0, 0.1) is 17.8 Å². The van der Waals surface area contributed by atoms with Crippen LogP contribution in [0.5, 0.6) is 11.5 Å². The lowest BCUT2D eigenvalue weighted by molar-refractivity contribution is -0.150. The number of carboxylic acids is 1. The molecule has 2 aliphatic heterocycles. The van der Waals surface area contributed by atoms with Crippen molar-refractivity contribution in [3.8, 4) is 11.5 Å². The molecule has 2 amide bonds. The number of para-hydroxylation sites is 1. The molecular formula is C36H40N2O6. The number of amides is 2. The summed E-state index contributed by atoms with van der Waals surface area (Å²) in [6.45, 7) is 2.30. The molecular weight excluding hydrogens is 556 g/mol. The Bertz CT molecular complexity index is 1520. The zero-order valence-electron chi connectivity index (χ0n) is 25.3. The van der Waals surface area contributed by atoms with Gasteiger partial charge in [0, 0.05) is 11.6 Å². The molecule has 3 fully saturated rings. The molecule has 44 heavy (non-hydrogen) atoms. The molecule has 1 aliphatic carbocycles. The smallest absolute Gasteiger partial charge is 0.324 e. The average Bonchev–Trinajstić information content (AvgIpc) is 3.53. The number of methoxy groups -OCH3 is 1. The third-order valence-electron chi connectivity index (χ3n) is 9.76. The van der Waals surface area contributed by atoms with Gasteiger partial charge in [0.15, 0.2) is 11.5 Å². The number of hydrogen-bond acceptors (Lipinski definition) is 6. The second-order valence-electron chi connectivity index (χ2n) is 12.3. The van der Waals surface area contributed by atoms with Crippen molar-refractivity contribution in [1.82, 2.24) is 5.32 Å². The van der Waals surface area contributed by atoms with Crippen LogP contribution >= 0.6 is 0 Å². The van der Waals surface area contributed by atoms with E-state index in [4.69, 9.17) is 9.47 Å². The maximum Gasteiger partial charge on any atom is 0.324 e. The first-order chi connectivity index (χ1) is 21.4. The SMILES string of the molecule is CCc1ccc(N2C(=O)C3C(c4cccc(OC)c4OCc4ccccc4)NC(CC4CCCCC4)(C(=O)O)C3C2=O)cc1. The van der Waals surface area contributed by atoms with E-state index in [9.17, 15) is 19.5 Å². The summed E-state index contributed by atoms with van der Waals surface area (Å²) in [7, 11) is 1.55. The molecule has 3 aromatic rings. The molecule has 8 nitrogen and oxygen atoms in total. The van der Waals surface area contributed by atoms with Crippen molar-refractivity contribution in [2.45, 2.75) is 70.1 Å². The van der Waals surface area contributed by atoms with E-state index in [0.717, 1.165) is 49.7 Å². The zero-order valence-corrected chi connectivity index (χ0v) is 25.3. The molecule has 1 saturated carbocycles. The molecule has 0 radical (unpaired) electrons. The standard InChI is InChI=1S/C36H40N2O6/c1-3-23-17-19-26(20-18-23)38-33(39)29-30(34(38)40)36(35(41)42,21-24-11-6-4-7-12-24)37-31(29)27-15-10-16-28(43-2)32(27)44-22-25-13-8-5-9-14-25/h5,8-10,13-20,24,29-31,37H,3-4,6-7,11-12,21-22H2,1-2H3,(H,41,42). The number of aryl methyl sites for hydroxylation is 1. The summed E-state index contributed by atoms with van der Waals surface area (Å²) >= 11 is 0. The van der Waals surface area contributed by atoms with E-state index in [0.29, 0.717) is 22.7 Å². The normalized spacial score (nSPS) is 25.2. The van der Waals surface area contributed by atoms with Crippen molar-refractivity contribution >= 4 is 23.5 Å². The van der Waals surface area contributed by atoms with Gasteiger partial charge in [0.05, 0.1) is 24.6 Å². The van der Waals surface area contributed by atoms with E-state index >= 15 is 0 Å². The highest BCUT2D eigenvalue weighted by Gasteiger charge is 2.69. The van der Waals surface area contributed by atoms with Gasteiger partial charge >= 0.3 is 5.97 Å². The van der Waals surface area contributed by atoms with Gasteiger partial charge in [-0.1, -0.05) is 93.6 Å². The number of aliphatic carboxylic acids is 1. The quantitative estimate of drug-likeness (QED) is 0.273. The number of rotatable bonds is 10. The second-order valence-corrected chi connectivity index (χ2v) is 12.3. The first kappa shape index (κ1) is 29.9. The van der Waals surface area contributed by atoms with Crippen LogP contribution in [0.3, 0.4) is 0 Å². The van der Waals surface area contributed by atoms with E-state index < -0.39 is 41.2 Å². The highest BCUT2D eigenvalue weighted by Crippen LogP contribution is 2.54. The molecule has 0 bridgehead atoms. The number of imide groups is 1. The van der Waals surface area contributed by atoms with Crippen molar-refractivity contribution in [3.05, 3.63) is 89.5 Å². The Morgan fingerprint density at radius 1 is 0.932 bits per heavy atom. The fourth-order valence-electron chi connectivity index (χ4n) is 7.55. The minimum atomic E-state index is -1.61. The zero-order chi connectivity index (χ0) is 30.8. The van der Waals surface area contributed by atoms with Crippen molar-refractivity contribution < 1.29 is 29.0 Å². The lowest BCUT2D eigenvalue weighted by Crippen LogP contribution is -2.57. The highest BCUT2D eigenvalue weighted by molar-refractivity contribution is 6.24. The average molecular weight is 597 g/mol. The Balaban J connectivity index is 1.45. The first-order valence-electron chi connectivity index (χ1n) is 15.7. The number of nitrogens with zero attached hydrogens (tertiary/aromatic N) is 1. The van der Waals surface area contributed by atoms with Crippen molar-refractivity contribution in [1.29, 1.82) is 0 Å². The molecule has 4 atom stereocenters.